The number of rotatable bonds is 2. The van der Waals surface area contributed by atoms with Crippen molar-refractivity contribution < 1.29 is 22.4 Å². The van der Waals surface area contributed by atoms with Gasteiger partial charge in [0.25, 0.3) is 0 Å². The summed E-state index contributed by atoms with van der Waals surface area (Å²) in [6.45, 7) is 6.04. The van der Waals surface area contributed by atoms with E-state index >= 15 is 0 Å². The van der Waals surface area contributed by atoms with Crippen LogP contribution in [0.25, 0.3) is 0 Å². The van der Waals surface area contributed by atoms with Crippen molar-refractivity contribution in [3.8, 4) is 0 Å². The Hall–Kier alpha value is 0.980. The van der Waals surface area contributed by atoms with Gasteiger partial charge in [0.15, 0.2) is 0 Å². The van der Waals surface area contributed by atoms with Gasteiger partial charge in [0.1, 0.15) is 4.32 Å². The largest absolute Gasteiger partial charge is 1.00 e. The summed E-state index contributed by atoms with van der Waals surface area (Å²) in [6.07, 6.45) is 0. The van der Waals surface area contributed by atoms with Crippen molar-refractivity contribution in [2.45, 2.75) is 13.8 Å². The van der Waals surface area contributed by atoms with Crippen LogP contribution in [0, 0.1) is 0 Å². The average molecular weight is 257 g/mol. The first-order chi connectivity index (χ1) is 3.72. The summed E-state index contributed by atoms with van der Waals surface area (Å²) in [4.78, 5) is 2.01. The van der Waals surface area contributed by atoms with Gasteiger partial charge in [-0.25, -0.2) is 0 Å². The van der Waals surface area contributed by atoms with Gasteiger partial charge < -0.3 is 4.90 Å². The molecule has 0 saturated carbocycles. The molecule has 0 atom stereocenters. The molecule has 0 saturated heterocycles. The van der Waals surface area contributed by atoms with Gasteiger partial charge in [-0.2, -0.15) is 0 Å². The Balaban J connectivity index is 0. The average Bonchev–Trinajstić information content (AvgIpc) is 1.69. The topological polar surface area (TPSA) is 3.24 Å². The predicted octanol–water partition coefficient (Wildman–Crippen LogP) is 1.54. The van der Waals surface area contributed by atoms with Gasteiger partial charge in [-0.15, -0.1) is 12.6 Å². The first-order valence-corrected chi connectivity index (χ1v) is 3.55. The molecule has 0 aromatic rings. The Morgan fingerprint density at radius 2 is 1.78 bits per heavy atom. The molecule has 0 bridgehead atoms. The van der Waals surface area contributed by atoms with E-state index in [0.717, 1.165) is 13.1 Å². The molecule has 0 aromatic carbocycles. The monoisotopic (exact) mass is 256 g/mol. The molecular weight excluding hydrogens is 246 g/mol. The Bertz CT molecular complexity index is 83.0. The van der Waals surface area contributed by atoms with Gasteiger partial charge in [0.05, 0.1) is 0 Å². The Labute approximate surface area is 83.1 Å². The SMILES string of the molecule is CCN(CC)C(=S)S.[Ag+]. The maximum absolute atomic E-state index is 4.81. The smallest absolute Gasteiger partial charge is 0.358 e. The molecule has 0 rings (SSSR count). The van der Waals surface area contributed by atoms with Crippen LogP contribution in [-0.2, 0) is 22.4 Å². The van der Waals surface area contributed by atoms with E-state index in [0.29, 0.717) is 4.32 Å². The Morgan fingerprint density at radius 1 is 1.44 bits per heavy atom. The minimum absolute atomic E-state index is 0. The van der Waals surface area contributed by atoms with Crippen LogP contribution in [0.15, 0.2) is 0 Å². The summed E-state index contributed by atoms with van der Waals surface area (Å²) in [6, 6.07) is 0. The van der Waals surface area contributed by atoms with Gasteiger partial charge in [0.2, 0.25) is 0 Å². The van der Waals surface area contributed by atoms with Crippen LogP contribution in [0.3, 0.4) is 0 Å². The maximum Gasteiger partial charge on any atom is 1.00 e. The van der Waals surface area contributed by atoms with E-state index in [1.807, 2.05) is 4.90 Å². The zero-order chi connectivity index (χ0) is 6.57. The van der Waals surface area contributed by atoms with Crippen LogP contribution in [-0.4, -0.2) is 22.3 Å². The second kappa shape index (κ2) is 7.09. The normalized spacial score (nSPS) is 7.89. The van der Waals surface area contributed by atoms with E-state index in [1.165, 1.54) is 0 Å². The molecule has 0 aliphatic carbocycles. The molecule has 0 radical (unpaired) electrons. The zero-order valence-electron chi connectivity index (χ0n) is 5.52. The van der Waals surface area contributed by atoms with E-state index in [2.05, 4.69) is 26.5 Å². The van der Waals surface area contributed by atoms with Crippen LogP contribution < -0.4 is 0 Å². The third-order valence-corrected chi connectivity index (χ3v) is 1.58. The number of thiocarbonyl (C=S) groups is 1. The fourth-order valence-corrected chi connectivity index (χ4v) is 1.04. The van der Waals surface area contributed by atoms with Gasteiger partial charge >= 0.3 is 22.4 Å². The summed E-state index contributed by atoms with van der Waals surface area (Å²) < 4.78 is 0.690. The van der Waals surface area contributed by atoms with E-state index in [1.54, 1.807) is 0 Å². The fraction of sp³-hybridized carbons (Fsp3) is 0.800. The van der Waals surface area contributed by atoms with Crippen LogP contribution in [0.2, 0.25) is 0 Å². The standard InChI is InChI=1S/C5H11NS2.Ag/c1-3-6(4-2)5(7)8;/h3-4H2,1-2H3,(H,7,8);/q;+1. The second-order valence-electron chi connectivity index (χ2n) is 1.45. The van der Waals surface area contributed by atoms with Crippen molar-refractivity contribution in [3.63, 3.8) is 0 Å². The maximum atomic E-state index is 4.81. The molecule has 0 fully saturated rings. The van der Waals surface area contributed by atoms with Gasteiger partial charge in [-0.05, 0) is 13.8 Å². The molecule has 0 unspecified atom stereocenters. The molecule has 9 heavy (non-hydrogen) atoms. The summed E-state index contributed by atoms with van der Waals surface area (Å²) in [5, 5.41) is 0. The van der Waals surface area contributed by atoms with Crippen molar-refractivity contribution in [2.24, 2.45) is 0 Å². The number of hydrogen-bond donors (Lipinski definition) is 1. The number of thiol groups is 1. The summed E-state index contributed by atoms with van der Waals surface area (Å²) in [5.74, 6) is 0. The number of hydrogen-bond acceptors (Lipinski definition) is 1. The molecule has 0 aliphatic rings. The minimum Gasteiger partial charge on any atom is -0.358 e. The quantitative estimate of drug-likeness (QED) is 0.454. The van der Waals surface area contributed by atoms with Crippen molar-refractivity contribution in [2.75, 3.05) is 13.1 Å². The van der Waals surface area contributed by atoms with Crippen molar-refractivity contribution in [1.82, 2.24) is 4.90 Å². The molecule has 0 spiro atoms. The van der Waals surface area contributed by atoms with Gasteiger partial charge in [0, 0.05) is 13.1 Å². The van der Waals surface area contributed by atoms with Crippen molar-refractivity contribution in [1.29, 1.82) is 0 Å². The molecule has 0 aliphatic heterocycles. The number of nitrogens with zero attached hydrogens (tertiary/aromatic N) is 1. The molecular formula is C5H11AgNS2+. The van der Waals surface area contributed by atoms with E-state index in [9.17, 15) is 0 Å². The van der Waals surface area contributed by atoms with Crippen LogP contribution >= 0.6 is 24.8 Å². The first kappa shape index (κ1) is 12.6. The molecule has 0 heterocycles. The fourth-order valence-electron chi connectivity index (χ4n) is 0.494. The van der Waals surface area contributed by atoms with Crippen molar-refractivity contribution >= 4 is 29.2 Å². The minimum atomic E-state index is 0. The van der Waals surface area contributed by atoms with Gasteiger partial charge in [-0.1, -0.05) is 12.2 Å². The first-order valence-electron chi connectivity index (χ1n) is 2.70. The van der Waals surface area contributed by atoms with E-state index in [4.69, 9.17) is 12.2 Å². The van der Waals surface area contributed by atoms with E-state index in [-0.39, 0.29) is 22.4 Å². The second-order valence-corrected chi connectivity index (χ2v) is 2.57. The van der Waals surface area contributed by atoms with Crippen LogP contribution in [0.5, 0.6) is 0 Å². The Morgan fingerprint density at radius 3 is 1.78 bits per heavy atom. The Kier molecular flexibility index (Phi) is 9.96. The molecule has 0 amide bonds. The predicted molar refractivity (Wildman–Crippen MR) is 44.5 cm³/mol. The van der Waals surface area contributed by atoms with Crippen LogP contribution in [0.4, 0.5) is 0 Å². The van der Waals surface area contributed by atoms with Gasteiger partial charge in [-0.3, -0.25) is 0 Å². The van der Waals surface area contributed by atoms with Crippen molar-refractivity contribution in [3.05, 3.63) is 0 Å². The third kappa shape index (κ3) is 5.43. The molecule has 58 valence electrons. The molecule has 0 N–H and O–H groups in total. The van der Waals surface area contributed by atoms with Crippen LogP contribution in [0.1, 0.15) is 13.8 Å². The van der Waals surface area contributed by atoms with E-state index < -0.39 is 0 Å². The summed E-state index contributed by atoms with van der Waals surface area (Å²) >= 11 is 8.82. The molecule has 0 aromatic heterocycles. The summed E-state index contributed by atoms with van der Waals surface area (Å²) in [7, 11) is 0. The molecule has 1 nitrogen and oxygen atoms in total. The molecule has 4 heteroatoms. The third-order valence-electron chi connectivity index (χ3n) is 1.03. The zero-order valence-corrected chi connectivity index (χ0v) is 8.71. The summed E-state index contributed by atoms with van der Waals surface area (Å²) in [5.41, 5.74) is 0.